The SMILES string of the molecule is CC(CN1CCCC1)C(OC(N)=O)c1ccc2ccccc2c1. The normalized spacial score (nSPS) is 18.0. The predicted octanol–water partition coefficient (Wildman–Crippen LogP) is 3.71. The number of benzene rings is 2. The van der Waals surface area contributed by atoms with E-state index in [4.69, 9.17) is 10.5 Å². The van der Waals surface area contributed by atoms with Crippen LogP contribution in [0.25, 0.3) is 10.8 Å². The number of hydrogen-bond acceptors (Lipinski definition) is 3. The minimum Gasteiger partial charge on any atom is -0.441 e. The highest BCUT2D eigenvalue weighted by Crippen LogP contribution is 2.30. The van der Waals surface area contributed by atoms with E-state index in [1.54, 1.807) is 0 Å². The molecule has 2 N–H and O–H groups in total. The molecule has 4 nitrogen and oxygen atoms in total. The lowest BCUT2D eigenvalue weighted by molar-refractivity contribution is 0.0610. The van der Waals surface area contributed by atoms with Crippen molar-refractivity contribution in [2.24, 2.45) is 11.7 Å². The Hall–Kier alpha value is -2.07. The minimum atomic E-state index is -0.712. The van der Waals surface area contributed by atoms with Crippen molar-refractivity contribution in [1.29, 1.82) is 0 Å². The highest BCUT2D eigenvalue weighted by atomic mass is 16.6. The summed E-state index contributed by atoms with van der Waals surface area (Å²) in [6.07, 6.45) is 1.49. The summed E-state index contributed by atoms with van der Waals surface area (Å²) >= 11 is 0. The van der Waals surface area contributed by atoms with Gasteiger partial charge in [-0.15, -0.1) is 0 Å². The van der Waals surface area contributed by atoms with Crippen molar-refractivity contribution in [2.75, 3.05) is 19.6 Å². The van der Waals surface area contributed by atoms with E-state index in [1.807, 2.05) is 18.2 Å². The number of primary amides is 1. The number of carbonyl (C=O) groups excluding carboxylic acids is 1. The Labute approximate surface area is 137 Å². The van der Waals surface area contributed by atoms with Crippen LogP contribution in [0.5, 0.6) is 0 Å². The van der Waals surface area contributed by atoms with Gasteiger partial charge in [0.25, 0.3) is 0 Å². The fraction of sp³-hybridized carbons (Fsp3) is 0.421. The van der Waals surface area contributed by atoms with Crippen LogP contribution in [0.4, 0.5) is 4.79 Å². The van der Waals surface area contributed by atoms with Crippen LogP contribution in [-0.4, -0.2) is 30.6 Å². The summed E-state index contributed by atoms with van der Waals surface area (Å²) in [5, 5.41) is 2.33. The van der Waals surface area contributed by atoms with Crippen molar-refractivity contribution in [1.82, 2.24) is 4.90 Å². The van der Waals surface area contributed by atoms with Crippen LogP contribution in [0, 0.1) is 5.92 Å². The Kier molecular flexibility index (Phi) is 4.82. The van der Waals surface area contributed by atoms with Gasteiger partial charge in [0.1, 0.15) is 6.10 Å². The first kappa shape index (κ1) is 15.8. The first-order valence-electron chi connectivity index (χ1n) is 8.30. The lowest BCUT2D eigenvalue weighted by Crippen LogP contribution is -2.31. The maximum absolute atomic E-state index is 11.4. The topological polar surface area (TPSA) is 55.6 Å². The largest absolute Gasteiger partial charge is 0.441 e. The summed E-state index contributed by atoms with van der Waals surface area (Å²) < 4.78 is 5.47. The molecule has 2 aromatic rings. The first-order valence-corrected chi connectivity index (χ1v) is 8.30. The summed E-state index contributed by atoms with van der Waals surface area (Å²) in [6, 6.07) is 14.4. The predicted molar refractivity (Wildman–Crippen MR) is 92.2 cm³/mol. The number of nitrogens with zero attached hydrogens (tertiary/aromatic N) is 1. The highest BCUT2D eigenvalue weighted by molar-refractivity contribution is 5.83. The van der Waals surface area contributed by atoms with Gasteiger partial charge in [0.2, 0.25) is 0 Å². The Morgan fingerprint density at radius 2 is 1.87 bits per heavy atom. The quantitative estimate of drug-likeness (QED) is 0.915. The monoisotopic (exact) mass is 312 g/mol. The highest BCUT2D eigenvalue weighted by Gasteiger charge is 2.26. The Morgan fingerprint density at radius 1 is 1.17 bits per heavy atom. The van der Waals surface area contributed by atoms with Gasteiger partial charge in [-0.25, -0.2) is 4.79 Å². The zero-order valence-electron chi connectivity index (χ0n) is 13.6. The second-order valence-electron chi connectivity index (χ2n) is 6.45. The van der Waals surface area contributed by atoms with E-state index in [9.17, 15) is 4.79 Å². The molecule has 0 saturated carbocycles. The number of rotatable bonds is 5. The van der Waals surface area contributed by atoms with Crippen LogP contribution < -0.4 is 5.73 Å². The third kappa shape index (κ3) is 3.82. The summed E-state index contributed by atoms with van der Waals surface area (Å²) in [6.45, 7) is 5.31. The summed E-state index contributed by atoms with van der Waals surface area (Å²) in [5.41, 5.74) is 6.32. The number of ether oxygens (including phenoxy) is 1. The van der Waals surface area contributed by atoms with Gasteiger partial charge in [-0.1, -0.05) is 43.3 Å². The zero-order chi connectivity index (χ0) is 16.2. The third-order valence-electron chi connectivity index (χ3n) is 4.61. The molecule has 2 unspecified atom stereocenters. The van der Waals surface area contributed by atoms with Crippen LogP contribution in [0.15, 0.2) is 42.5 Å². The summed E-state index contributed by atoms with van der Waals surface area (Å²) in [5.74, 6) is 0.196. The number of amides is 1. The molecule has 1 aliphatic rings. The van der Waals surface area contributed by atoms with Gasteiger partial charge >= 0.3 is 6.09 Å². The molecule has 3 rings (SSSR count). The molecule has 0 aromatic heterocycles. The maximum atomic E-state index is 11.4. The van der Waals surface area contributed by atoms with Crippen LogP contribution in [0.3, 0.4) is 0 Å². The van der Waals surface area contributed by atoms with Gasteiger partial charge in [0, 0.05) is 12.5 Å². The van der Waals surface area contributed by atoms with E-state index >= 15 is 0 Å². The molecule has 1 amide bonds. The van der Waals surface area contributed by atoms with Gasteiger partial charge in [0.15, 0.2) is 0 Å². The van der Waals surface area contributed by atoms with E-state index in [2.05, 4.69) is 36.1 Å². The van der Waals surface area contributed by atoms with E-state index in [1.165, 1.54) is 18.2 Å². The van der Waals surface area contributed by atoms with Crippen molar-refractivity contribution in [2.45, 2.75) is 25.9 Å². The van der Waals surface area contributed by atoms with Gasteiger partial charge in [0.05, 0.1) is 0 Å². The van der Waals surface area contributed by atoms with Crippen molar-refractivity contribution >= 4 is 16.9 Å². The smallest absolute Gasteiger partial charge is 0.405 e. The summed E-state index contributed by atoms with van der Waals surface area (Å²) in [7, 11) is 0. The van der Waals surface area contributed by atoms with Crippen molar-refractivity contribution in [3.8, 4) is 0 Å². The van der Waals surface area contributed by atoms with Crippen molar-refractivity contribution in [3.05, 3.63) is 48.0 Å². The van der Waals surface area contributed by atoms with E-state index < -0.39 is 6.09 Å². The molecule has 2 atom stereocenters. The van der Waals surface area contributed by atoms with E-state index in [0.717, 1.165) is 30.6 Å². The molecular weight excluding hydrogens is 288 g/mol. The third-order valence-corrected chi connectivity index (χ3v) is 4.61. The average molecular weight is 312 g/mol. The molecule has 0 bridgehead atoms. The fourth-order valence-corrected chi connectivity index (χ4v) is 3.49. The van der Waals surface area contributed by atoms with E-state index in [0.29, 0.717) is 0 Å². The second-order valence-corrected chi connectivity index (χ2v) is 6.45. The molecule has 122 valence electrons. The lowest BCUT2D eigenvalue weighted by atomic mass is 9.94. The number of hydrogen-bond donors (Lipinski definition) is 1. The lowest BCUT2D eigenvalue weighted by Gasteiger charge is -2.27. The number of fused-ring (bicyclic) bond motifs is 1. The number of likely N-dealkylation sites (tertiary alicyclic amines) is 1. The Morgan fingerprint density at radius 3 is 2.57 bits per heavy atom. The average Bonchev–Trinajstić information content (AvgIpc) is 3.05. The molecule has 0 spiro atoms. The van der Waals surface area contributed by atoms with Gasteiger partial charge in [-0.2, -0.15) is 0 Å². The molecule has 1 aliphatic heterocycles. The molecule has 1 fully saturated rings. The molecule has 0 aliphatic carbocycles. The molecular formula is C19H24N2O2. The zero-order valence-corrected chi connectivity index (χ0v) is 13.6. The van der Waals surface area contributed by atoms with Crippen LogP contribution in [0.2, 0.25) is 0 Å². The van der Waals surface area contributed by atoms with Crippen LogP contribution in [-0.2, 0) is 4.74 Å². The van der Waals surface area contributed by atoms with Gasteiger partial charge < -0.3 is 15.4 Å². The second kappa shape index (κ2) is 7.01. The van der Waals surface area contributed by atoms with E-state index in [-0.39, 0.29) is 12.0 Å². The first-order chi connectivity index (χ1) is 11.1. The molecule has 4 heteroatoms. The maximum Gasteiger partial charge on any atom is 0.405 e. The van der Waals surface area contributed by atoms with Gasteiger partial charge in [-0.3, -0.25) is 0 Å². The van der Waals surface area contributed by atoms with Crippen LogP contribution in [0.1, 0.15) is 31.4 Å². The minimum absolute atomic E-state index is 0.196. The number of nitrogens with two attached hydrogens (primary N) is 1. The van der Waals surface area contributed by atoms with Crippen molar-refractivity contribution < 1.29 is 9.53 Å². The molecule has 2 aromatic carbocycles. The fourth-order valence-electron chi connectivity index (χ4n) is 3.49. The number of carbonyl (C=O) groups is 1. The van der Waals surface area contributed by atoms with Gasteiger partial charge in [-0.05, 0) is 48.3 Å². The Bertz CT molecular complexity index is 680. The molecule has 1 heterocycles. The standard InChI is InChI=1S/C19H24N2O2/c1-14(13-21-10-4-5-11-21)18(23-19(20)22)17-9-8-15-6-2-3-7-16(15)12-17/h2-3,6-9,12,14,18H,4-5,10-11,13H2,1H3,(H2,20,22). The summed E-state index contributed by atoms with van der Waals surface area (Å²) in [4.78, 5) is 13.8. The van der Waals surface area contributed by atoms with Crippen LogP contribution >= 0.6 is 0 Å². The molecule has 0 radical (unpaired) electrons. The molecule has 1 saturated heterocycles. The molecule has 23 heavy (non-hydrogen) atoms. The van der Waals surface area contributed by atoms with Crippen molar-refractivity contribution in [3.63, 3.8) is 0 Å². The Balaban J connectivity index is 1.84.